The largest absolute Gasteiger partial charge is 0.454 e. The highest BCUT2D eigenvalue weighted by Gasteiger charge is 2.12. The fraction of sp³-hybridized carbons (Fsp3) is 0.286. The van der Waals surface area contributed by atoms with E-state index in [1.54, 1.807) is 31.2 Å². The second-order valence-corrected chi connectivity index (χ2v) is 6.92. The molecular formula is C14H15NO5S. The minimum atomic E-state index is -3.15. The molecule has 0 saturated carbocycles. The van der Waals surface area contributed by atoms with Crippen LogP contribution in [0.15, 0.2) is 34.9 Å². The van der Waals surface area contributed by atoms with E-state index in [-0.39, 0.29) is 12.4 Å². The maximum Gasteiger partial charge on any atom is 0.338 e. The number of ether oxygens (including phenoxy) is 1. The zero-order valence-corrected chi connectivity index (χ0v) is 12.5. The average Bonchev–Trinajstić information content (AvgIpc) is 2.80. The molecule has 112 valence electrons. The van der Waals surface area contributed by atoms with Gasteiger partial charge in [-0.1, -0.05) is 17.3 Å². The monoisotopic (exact) mass is 309 g/mol. The summed E-state index contributed by atoms with van der Waals surface area (Å²) in [5, 5.41) is 3.69. The molecular weight excluding hydrogens is 294 g/mol. The number of esters is 1. The summed E-state index contributed by atoms with van der Waals surface area (Å²) in [7, 11) is -3.15. The lowest BCUT2D eigenvalue weighted by Gasteiger charge is -2.05. The van der Waals surface area contributed by atoms with Crippen molar-refractivity contribution >= 4 is 15.8 Å². The van der Waals surface area contributed by atoms with Gasteiger partial charge >= 0.3 is 5.97 Å². The van der Waals surface area contributed by atoms with Gasteiger partial charge in [-0.15, -0.1) is 0 Å². The Morgan fingerprint density at radius 1 is 1.33 bits per heavy atom. The molecule has 0 N–H and O–H groups in total. The molecule has 0 fully saturated rings. The molecule has 0 radical (unpaired) electrons. The normalized spacial score (nSPS) is 11.3. The quantitative estimate of drug-likeness (QED) is 0.784. The van der Waals surface area contributed by atoms with E-state index in [0.29, 0.717) is 22.6 Å². The molecule has 0 aliphatic carbocycles. The molecule has 6 nitrogen and oxygen atoms in total. The van der Waals surface area contributed by atoms with Crippen molar-refractivity contribution in [3.63, 3.8) is 0 Å². The van der Waals surface area contributed by atoms with Gasteiger partial charge in [0.1, 0.15) is 0 Å². The summed E-state index contributed by atoms with van der Waals surface area (Å²) < 4.78 is 32.5. The summed E-state index contributed by atoms with van der Waals surface area (Å²) in [6.07, 6.45) is 1.14. The van der Waals surface area contributed by atoms with Crippen molar-refractivity contribution < 1.29 is 22.5 Å². The maximum atomic E-state index is 11.9. The Hall–Kier alpha value is -2.15. The van der Waals surface area contributed by atoms with Crippen molar-refractivity contribution in [1.29, 1.82) is 0 Å². The van der Waals surface area contributed by atoms with E-state index in [4.69, 9.17) is 9.26 Å². The third-order valence-corrected chi connectivity index (χ3v) is 3.47. The molecule has 2 aromatic rings. The second kappa shape index (κ2) is 6.09. The molecule has 0 amide bonds. The van der Waals surface area contributed by atoms with Crippen LogP contribution in [0, 0.1) is 6.92 Å². The summed E-state index contributed by atoms with van der Waals surface area (Å²) in [4.78, 5) is 11.9. The van der Waals surface area contributed by atoms with Gasteiger partial charge in [0.25, 0.3) is 0 Å². The molecule has 0 aliphatic rings. The molecule has 0 spiro atoms. The van der Waals surface area contributed by atoms with E-state index in [9.17, 15) is 13.2 Å². The number of rotatable bonds is 5. The number of carbonyl (C=O) groups excluding carboxylic acids is 1. The van der Waals surface area contributed by atoms with E-state index in [1.807, 2.05) is 0 Å². The summed E-state index contributed by atoms with van der Waals surface area (Å²) in [6, 6.07) is 8.02. The molecule has 0 aliphatic heterocycles. The molecule has 21 heavy (non-hydrogen) atoms. The highest BCUT2D eigenvalue weighted by Crippen LogP contribution is 2.11. The third-order valence-electron chi connectivity index (χ3n) is 2.61. The first-order valence-electron chi connectivity index (χ1n) is 6.19. The topological polar surface area (TPSA) is 86.5 Å². The van der Waals surface area contributed by atoms with Crippen LogP contribution >= 0.6 is 0 Å². The van der Waals surface area contributed by atoms with Gasteiger partial charge in [-0.25, -0.2) is 13.2 Å². The van der Waals surface area contributed by atoms with Gasteiger partial charge in [-0.05, 0) is 24.6 Å². The lowest BCUT2D eigenvalue weighted by atomic mass is 10.1. The van der Waals surface area contributed by atoms with Crippen LogP contribution in [-0.4, -0.2) is 25.8 Å². The SMILES string of the molecule is Cc1cc(COC(=O)c2cccc(CS(C)(=O)=O)c2)on1. The number of nitrogens with zero attached hydrogens (tertiary/aromatic N) is 1. The fourth-order valence-electron chi connectivity index (χ4n) is 1.80. The molecule has 2 rings (SSSR count). The van der Waals surface area contributed by atoms with Crippen LogP contribution < -0.4 is 0 Å². The smallest absolute Gasteiger partial charge is 0.338 e. The molecule has 1 heterocycles. The highest BCUT2D eigenvalue weighted by atomic mass is 32.2. The number of benzene rings is 1. The van der Waals surface area contributed by atoms with Crippen molar-refractivity contribution in [2.24, 2.45) is 0 Å². The number of hydrogen-bond donors (Lipinski definition) is 0. The van der Waals surface area contributed by atoms with E-state index in [0.717, 1.165) is 6.26 Å². The van der Waals surface area contributed by atoms with Crippen molar-refractivity contribution in [3.05, 3.63) is 52.9 Å². The summed E-state index contributed by atoms with van der Waals surface area (Å²) in [5.41, 5.74) is 1.55. The van der Waals surface area contributed by atoms with Gasteiger partial charge in [-0.2, -0.15) is 0 Å². The number of hydrogen-bond acceptors (Lipinski definition) is 6. The number of sulfone groups is 1. The van der Waals surface area contributed by atoms with E-state index < -0.39 is 15.8 Å². The lowest BCUT2D eigenvalue weighted by Crippen LogP contribution is -2.07. The van der Waals surface area contributed by atoms with Gasteiger partial charge in [0.05, 0.1) is 17.0 Å². The standard InChI is InChI=1S/C14H15NO5S/c1-10-6-13(20-15-10)8-19-14(16)12-5-3-4-11(7-12)9-21(2,17)18/h3-7H,8-9H2,1-2H3. The van der Waals surface area contributed by atoms with Crippen molar-refractivity contribution in [3.8, 4) is 0 Å². The van der Waals surface area contributed by atoms with Gasteiger partial charge in [0, 0.05) is 12.3 Å². The maximum absolute atomic E-state index is 11.9. The Morgan fingerprint density at radius 2 is 2.10 bits per heavy atom. The van der Waals surface area contributed by atoms with Crippen molar-refractivity contribution in [2.75, 3.05) is 6.26 Å². The molecule has 1 aromatic heterocycles. The summed E-state index contributed by atoms with van der Waals surface area (Å²) >= 11 is 0. The number of carbonyl (C=O) groups is 1. The fourth-order valence-corrected chi connectivity index (χ4v) is 2.58. The van der Waals surface area contributed by atoms with E-state index in [2.05, 4.69) is 5.16 Å². The summed E-state index contributed by atoms with van der Waals surface area (Å²) in [6.45, 7) is 1.75. The van der Waals surface area contributed by atoms with Gasteiger partial charge < -0.3 is 9.26 Å². The minimum absolute atomic E-state index is 0.0179. The Balaban J connectivity index is 2.03. The van der Waals surface area contributed by atoms with Crippen LogP contribution in [-0.2, 0) is 26.9 Å². The van der Waals surface area contributed by atoms with Crippen LogP contribution in [0.25, 0.3) is 0 Å². The van der Waals surface area contributed by atoms with Gasteiger partial charge in [-0.3, -0.25) is 0 Å². The number of aromatic nitrogens is 1. The first-order chi connectivity index (χ1) is 9.83. The molecule has 1 aromatic carbocycles. The Kier molecular flexibility index (Phi) is 4.42. The molecule has 0 atom stereocenters. The van der Waals surface area contributed by atoms with Crippen LogP contribution in [0.1, 0.15) is 27.4 Å². The first kappa shape index (κ1) is 15.2. The van der Waals surface area contributed by atoms with Crippen molar-refractivity contribution in [1.82, 2.24) is 5.16 Å². The molecule has 0 saturated heterocycles. The third kappa shape index (κ3) is 4.71. The predicted molar refractivity (Wildman–Crippen MR) is 75.3 cm³/mol. The van der Waals surface area contributed by atoms with Gasteiger partial charge in [0.2, 0.25) is 0 Å². The molecule has 0 unspecified atom stereocenters. The van der Waals surface area contributed by atoms with Crippen LogP contribution in [0.3, 0.4) is 0 Å². The second-order valence-electron chi connectivity index (χ2n) is 4.78. The zero-order valence-electron chi connectivity index (χ0n) is 11.7. The zero-order chi connectivity index (χ0) is 15.5. The van der Waals surface area contributed by atoms with Gasteiger partial charge in [0.15, 0.2) is 22.2 Å². The lowest BCUT2D eigenvalue weighted by molar-refractivity contribution is 0.0437. The van der Waals surface area contributed by atoms with E-state index in [1.165, 1.54) is 6.07 Å². The van der Waals surface area contributed by atoms with E-state index >= 15 is 0 Å². The van der Waals surface area contributed by atoms with Crippen LogP contribution in [0.2, 0.25) is 0 Å². The average molecular weight is 309 g/mol. The van der Waals surface area contributed by atoms with Crippen LogP contribution in [0.5, 0.6) is 0 Å². The Morgan fingerprint density at radius 3 is 2.71 bits per heavy atom. The first-order valence-corrected chi connectivity index (χ1v) is 8.25. The number of aryl methyl sites for hydroxylation is 1. The highest BCUT2D eigenvalue weighted by molar-refractivity contribution is 7.89. The molecule has 0 bridgehead atoms. The Labute approximate surface area is 122 Å². The van der Waals surface area contributed by atoms with Crippen molar-refractivity contribution in [2.45, 2.75) is 19.3 Å². The molecule has 7 heteroatoms. The Bertz CT molecular complexity index is 748. The van der Waals surface area contributed by atoms with Crippen LogP contribution in [0.4, 0.5) is 0 Å². The predicted octanol–water partition coefficient (Wildman–Crippen LogP) is 1.88. The summed E-state index contributed by atoms with van der Waals surface area (Å²) in [5.74, 6) is -0.206. The minimum Gasteiger partial charge on any atom is -0.454 e.